The number of fused-ring (bicyclic) bond motifs is 2. The Bertz CT molecular complexity index is 1010. The zero-order valence-electron chi connectivity index (χ0n) is 16.5. The molecule has 2 aromatic heterocycles. The van der Waals surface area contributed by atoms with Crippen LogP contribution in [0.15, 0.2) is 24.3 Å². The van der Waals surface area contributed by atoms with Crippen molar-refractivity contribution >= 4 is 27.4 Å². The second-order valence-corrected chi connectivity index (χ2v) is 8.98. The first-order valence-electron chi connectivity index (χ1n) is 10.1. The van der Waals surface area contributed by atoms with E-state index in [4.69, 9.17) is 14.7 Å². The zero-order chi connectivity index (χ0) is 19.1. The van der Waals surface area contributed by atoms with Gasteiger partial charge in [-0.2, -0.15) is 0 Å². The summed E-state index contributed by atoms with van der Waals surface area (Å²) in [6.45, 7) is 8.63. The maximum absolute atomic E-state index is 5.48. The average molecular weight is 395 g/mol. The van der Waals surface area contributed by atoms with Gasteiger partial charge in [-0.3, -0.25) is 4.90 Å². The number of morpholine rings is 1. The van der Waals surface area contributed by atoms with Crippen molar-refractivity contribution in [3.8, 4) is 0 Å². The molecule has 3 aromatic rings. The highest BCUT2D eigenvalue weighted by Crippen LogP contribution is 2.38. The molecule has 0 bridgehead atoms. The van der Waals surface area contributed by atoms with E-state index < -0.39 is 0 Å². The summed E-state index contributed by atoms with van der Waals surface area (Å²) >= 11 is 1.78. The van der Waals surface area contributed by atoms with Crippen LogP contribution < -0.4 is 5.32 Å². The van der Waals surface area contributed by atoms with E-state index in [0.717, 1.165) is 62.2 Å². The molecule has 2 aliphatic rings. The smallest absolute Gasteiger partial charge is 0.146 e. The van der Waals surface area contributed by atoms with Crippen LogP contribution >= 0.6 is 11.3 Å². The molecule has 1 saturated heterocycles. The molecule has 1 N–H and O–H groups in total. The molecule has 146 valence electrons. The van der Waals surface area contributed by atoms with Crippen LogP contribution in [0.25, 0.3) is 10.2 Å². The van der Waals surface area contributed by atoms with E-state index >= 15 is 0 Å². The Morgan fingerprint density at radius 2 is 2.00 bits per heavy atom. The van der Waals surface area contributed by atoms with Crippen LogP contribution in [0.5, 0.6) is 0 Å². The Kier molecular flexibility index (Phi) is 4.78. The average Bonchev–Trinajstić information content (AvgIpc) is 3.24. The van der Waals surface area contributed by atoms with Crippen molar-refractivity contribution in [1.82, 2.24) is 14.9 Å². The number of nitrogens with one attached hydrogen (secondary N) is 1. The van der Waals surface area contributed by atoms with Gasteiger partial charge in [-0.1, -0.05) is 24.3 Å². The van der Waals surface area contributed by atoms with Crippen LogP contribution in [0.1, 0.15) is 39.9 Å². The Morgan fingerprint density at radius 3 is 2.86 bits per heavy atom. The number of aromatic nitrogens is 2. The fraction of sp³-hybridized carbons (Fsp3) is 0.455. The Balaban J connectivity index is 1.51. The fourth-order valence-corrected chi connectivity index (χ4v) is 5.35. The Hall–Kier alpha value is -2.02. The molecule has 0 saturated carbocycles. The molecule has 1 fully saturated rings. The second-order valence-electron chi connectivity index (χ2n) is 7.77. The third-order valence-electron chi connectivity index (χ3n) is 5.99. The summed E-state index contributed by atoms with van der Waals surface area (Å²) in [6, 6.07) is 9.09. The minimum Gasteiger partial charge on any atom is -0.379 e. The maximum Gasteiger partial charge on any atom is 0.146 e. The number of hydrogen-bond acceptors (Lipinski definition) is 6. The number of rotatable bonds is 4. The summed E-state index contributed by atoms with van der Waals surface area (Å²) in [5.41, 5.74) is 4.16. The van der Waals surface area contributed by atoms with E-state index in [1.165, 1.54) is 27.0 Å². The monoisotopic (exact) mass is 394 g/mol. The minimum absolute atomic E-state index is 0.324. The number of thiophene rings is 1. The van der Waals surface area contributed by atoms with E-state index in [2.05, 4.69) is 48.3 Å². The van der Waals surface area contributed by atoms with Crippen molar-refractivity contribution < 1.29 is 4.74 Å². The van der Waals surface area contributed by atoms with Gasteiger partial charge in [0.05, 0.1) is 31.2 Å². The lowest BCUT2D eigenvalue weighted by molar-refractivity contribution is 0.0331. The van der Waals surface area contributed by atoms with Crippen LogP contribution in [0, 0.1) is 13.8 Å². The highest BCUT2D eigenvalue weighted by atomic mass is 32.1. The summed E-state index contributed by atoms with van der Waals surface area (Å²) in [7, 11) is 0. The predicted octanol–water partition coefficient (Wildman–Crippen LogP) is 4.24. The first-order valence-corrected chi connectivity index (χ1v) is 10.9. The van der Waals surface area contributed by atoms with Crippen molar-refractivity contribution in [2.24, 2.45) is 0 Å². The van der Waals surface area contributed by atoms with Gasteiger partial charge in [0.25, 0.3) is 0 Å². The Labute approximate surface area is 169 Å². The maximum atomic E-state index is 5.48. The molecule has 6 heteroatoms. The number of nitrogens with zero attached hydrogens (tertiary/aromatic N) is 3. The third-order valence-corrected chi connectivity index (χ3v) is 7.09. The lowest BCUT2D eigenvalue weighted by atomic mass is 10.1. The molecule has 5 rings (SSSR count). The zero-order valence-corrected chi connectivity index (χ0v) is 17.3. The van der Waals surface area contributed by atoms with E-state index in [0.29, 0.717) is 6.04 Å². The molecule has 3 heterocycles. The van der Waals surface area contributed by atoms with Gasteiger partial charge >= 0.3 is 0 Å². The van der Waals surface area contributed by atoms with Crippen molar-refractivity contribution in [1.29, 1.82) is 0 Å². The number of hydrogen-bond donors (Lipinski definition) is 1. The molecule has 0 radical (unpaired) electrons. The lowest BCUT2D eigenvalue weighted by Crippen LogP contribution is -2.36. The number of ether oxygens (including phenoxy) is 1. The molecule has 1 unspecified atom stereocenters. The van der Waals surface area contributed by atoms with Crippen LogP contribution in [0.4, 0.5) is 5.82 Å². The standard InChI is InChI=1S/C22H26N4OS/c1-14-15(2)28-22-20(14)21(23-18-8-7-16-5-3-4-6-17(16)18)24-19(25-22)13-26-9-11-27-12-10-26/h3-6,18H,7-13H2,1-2H3,(H,23,24,25). The summed E-state index contributed by atoms with van der Waals surface area (Å²) in [5, 5.41) is 4.98. The highest BCUT2D eigenvalue weighted by molar-refractivity contribution is 7.18. The van der Waals surface area contributed by atoms with E-state index in [1.54, 1.807) is 11.3 Å². The van der Waals surface area contributed by atoms with Gasteiger partial charge in [0.1, 0.15) is 16.5 Å². The number of anilines is 1. The molecule has 0 spiro atoms. The highest BCUT2D eigenvalue weighted by Gasteiger charge is 2.24. The van der Waals surface area contributed by atoms with Gasteiger partial charge in [-0.15, -0.1) is 11.3 Å². The molecule has 1 atom stereocenters. The molecule has 1 aliphatic carbocycles. The number of benzene rings is 1. The third kappa shape index (κ3) is 3.30. The first-order chi connectivity index (χ1) is 13.7. The van der Waals surface area contributed by atoms with Crippen molar-refractivity contribution in [3.05, 3.63) is 51.7 Å². The summed E-state index contributed by atoms with van der Waals surface area (Å²) < 4.78 is 5.48. The molecule has 1 aliphatic heterocycles. The molecular weight excluding hydrogens is 368 g/mol. The molecule has 28 heavy (non-hydrogen) atoms. The van der Waals surface area contributed by atoms with Gasteiger partial charge < -0.3 is 10.1 Å². The summed E-state index contributed by atoms with van der Waals surface area (Å²) in [5.74, 6) is 1.90. The van der Waals surface area contributed by atoms with Crippen molar-refractivity contribution in [2.75, 3.05) is 31.6 Å². The Morgan fingerprint density at radius 1 is 1.18 bits per heavy atom. The summed E-state index contributed by atoms with van der Waals surface area (Å²) in [6.07, 6.45) is 2.25. The van der Waals surface area contributed by atoms with E-state index in [1.807, 2.05) is 0 Å². The van der Waals surface area contributed by atoms with Gasteiger partial charge in [-0.25, -0.2) is 9.97 Å². The second kappa shape index (κ2) is 7.43. The fourth-order valence-electron chi connectivity index (χ4n) is 4.30. The van der Waals surface area contributed by atoms with Crippen molar-refractivity contribution in [2.45, 2.75) is 39.3 Å². The van der Waals surface area contributed by atoms with Gasteiger partial charge in [0, 0.05) is 18.0 Å². The van der Waals surface area contributed by atoms with Crippen LogP contribution in [-0.4, -0.2) is 41.2 Å². The van der Waals surface area contributed by atoms with Crippen LogP contribution in [0.2, 0.25) is 0 Å². The van der Waals surface area contributed by atoms with Gasteiger partial charge in [-0.05, 0) is 43.4 Å². The summed E-state index contributed by atoms with van der Waals surface area (Å²) in [4.78, 5) is 14.7. The number of aryl methyl sites for hydroxylation is 3. The molecular formula is C22H26N4OS. The molecule has 5 nitrogen and oxygen atoms in total. The van der Waals surface area contributed by atoms with E-state index in [-0.39, 0.29) is 0 Å². The topological polar surface area (TPSA) is 50.3 Å². The normalized spacial score (nSPS) is 19.9. The predicted molar refractivity (Wildman–Crippen MR) is 114 cm³/mol. The SMILES string of the molecule is Cc1sc2nc(CN3CCOCC3)nc(NC3CCc4ccccc43)c2c1C. The van der Waals surface area contributed by atoms with Crippen LogP contribution in [0.3, 0.4) is 0 Å². The minimum atomic E-state index is 0.324. The van der Waals surface area contributed by atoms with Gasteiger partial charge in [0.2, 0.25) is 0 Å². The molecule has 0 amide bonds. The largest absolute Gasteiger partial charge is 0.379 e. The van der Waals surface area contributed by atoms with E-state index in [9.17, 15) is 0 Å². The van der Waals surface area contributed by atoms with Crippen molar-refractivity contribution in [3.63, 3.8) is 0 Å². The molecule has 1 aromatic carbocycles. The first kappa shape index (κ1) is 18.0. The van der Waals surface area contributed by atoms with Crippen LogP contribution in [-0.2, 0) is 17.7 Å². The van der Waals surface area contributed by atoms with Gasteiger partial charge in [0.15, 0.2) is 0 Å². The quantitative estimate of drug-likeness (QED) is 0.717. The lowest BCUT2D eigenvalue weighted by Gasteiger charge is -2.26.